The highest BCUT2D eigenvalue weighted by Crippen LogP contribution is 2.20. The van der Waals surface area contributed by atoms with Gasteiger partial charge in [0.25, 0.3) is 0 Å². The first-order chi connectivity index (χ1) is 11.8. The molecule has 1 heterocycles. The van der Waals surface area contributed by atoms with Crippen molar-refractivity contribution in [2.75, 3.05) is 16.8 Å². The van der Waals surface area contributed by atoms with Crippen molar-refractivity contribution in [2.24, 2.45) is 0 Å². The Morgan fingerprint density at radius 2 is 1.92 bits per heavy atom. The zero-order valence-corrected chi connectivity index (χ0v) is 15.0. The van der Waals surface area contributed by atoms with Gasteiger partial charge in [-0.15, -0.1) is 0 Å². The van der Waals surface area contributed by atoms with E-state index in [0.717, 1.165) is 5.56 Å². The molecule has 8 heteroatoms. The fraction of sp³-hybridized carbons (Fsp3) is 0.353. The number of aryl methyl sites for hydroxylation is 1. The fourth-order valence-corrected chi connectivity index (χ4v) is 3.16. The Morgan fingerprint density at radius 1 is 1.24 bits per heavy atom. The molecular formula is C17H21N3O4S. The van der Waals surface area contributed by atoms with E-state index in [0.29, 0.717) is 17.3 Å². The summed E-state index contributed by atoms with van der Waals surface area (Å²) in [6.07, 6.45) is -0.0325. The second-order valence-corrected chi connectivity index (χ2v) is 8.08. The standard InChI is InChI=1S/C17H21N3O4S/c1-3-25(23,24)10-9-14(17(21)22)20-16-11-15(18-12(2)19-16)13-7-5-4-6-8-13/h4-8,11,14H,3,9-10H2,1-2H3,(H,21,22)(H,18,19,20). The maximum Gasteiger partial charge on any atom is 0.326 e. The van der Waals surface area contributed by atoms with E-state index >= 15 is 0 Å². The maximum atomic E-state index is 11.6. The number of nitrogens with one attached hydrogen (secondary N) is 1. The molecule has 1 aromatic heterocycles. The van der Waals surface area contributed by atoms with Gasteiger partial charge in [-0.2, -0.15) is 0 Å². The van der Waals surface area contributed by atoms with E-state index < -0.39 is 21.8 Å². The Hall–Kier alpha value is -2.48. The second kappa shape index (κ2) is 8.06. The van der Waals surface area contributed by atoms with Crippen LogP contribution in [0.15, 0.2) is 36.4 Å². The van der Waals surface area contributed by atoms with E-state index in [4.69, 9.17) is 0 Å². The van der Waals surface area contributed by atoms with Crippen LogP contribution in [0.1, 0.15) is 19.2 Å². The molecule has 0 radical (unpaired) electrons. The van der Waals surface area contributed by atoms with Crippen LogP contribution in [0.2, 0.25) is 0 Å². The van der Waals surface area contributed by atoms with Gasteiger partial charge in [-0.25, -0.2) is 23.2 Å². The topological polar surface area (TPSA) is 109 Å². The van der Waals surface area contributed by atoms with Gasteiger partial charge in [-0.05, 0) is 13.3 Å². The molecule has 0 spiro atoms. The molecule has 1 atom stereocenters. The van der Waals surface area contributed by atoms with Crippen LogP contribution in [0.25, 0.3) is 11.3 Å². The molecule has 2 aromatic rings. The number of carboxylic acids is 1. The van der Waals surface area contributed by atoms with Gasteiger partial charge in [0, 0.05) is 17.4 Å². The lowest BCUT2D eigenvalue weighted by atomic mass is 10.1. The molecule has 0 saturated heterocycles. The molecule has 0 fully saturated rings. The van der Waals surface area contributed by atoms with E-state index in [9.17, 15) is 18.3 Å². The van der Waals surface area contributed by atoms with Gasteiger partial charge < -0.3 is 10.4 Å². The third kappa shape index (κ3) is 5.53. The van der Waals surface area contributed by atoms with Crippen LogP contribution in [-0.4, -0.2) is 47.0 Å². The molecule has 0 saturated carbocycles. The number of anilines is 1. The SMILES string of the molecule is CCS(=O)(=O)CCC(Nc1cc(-c2ccccc2)nc(C)n1)C(=O)O. The monoisotopic (exact) mass is 363 g/mol. The minimum atomic E-state index is -3.24. The van der Waals surface area contributed by atoms with Crippen LogP contribution >= 0.6 is 0 Å². The van der Waals surface area contributed by atoms with Gasteiger partial charge in [0.1, 0.15) is 27.5 Å². The predicted octanol–water partition coefficient (Wildman–Crippen LogP) is 2.14. The molecule has 7 nitrogen and oxygen atoms in total. The third-order valence-corrected chi connectivity index (χ3v) is 5.42. The van der Waals surface area contributed by atoms with Crippen molar-refractivity contribution in [1.82, 2.24) is 9.97 Å². The van der Waals surface area contributed by atoms with Crippen molar-refractivity contribution in [3.8, 4) is 11.3 Å². The second-order valence-electron chi connectivity index (χ2n) is 5.61. The highest BCUT2D eigenvalue weighted by molar-refractivity contribution is 7.91. The molecule has 2 N–H and O–H groups in total. The molecule has 134 valence electrons. The zero-order chi connectivity index (χ0) is 18.4. The fourth-order valence-electron chi connectivity index (χ4n) is 2.28. The van der Waals surface area contributed by atoms with Gasteiger partial charge in [0.15, 0.2) is 0 Å². The van der Waals surface area contributed by atoms with Crippen LogP contribution in [-0.2, 0) is 14.6 Å². The van der Waals surface area contributed by atoms with Gasteiger partial charge >= 0.3 is 5.97 Å². The summed E-state index contributed by atoms with van der Waals surface area (Å²) in [5.41, 5.74) is 1.55. The number of aliphatic carboxylic acids is 1. The molecule has 0 aliphatic rings. The highest BCUT2D eigenvalue weighted by atomic mass is 32.2. The van der Waals surface area contributed by atoms with Crippen LogP contribution < -0.4 is 5.32 Å². The summed E-state index contributed by atoms with van der Waals surface area (Å²) in [5.74, 6) is -0.474. The Balaban J connectivity index is 2.22. The van der Waals surface area contributed by atoms with Gasteiger partial charge in [-0.1, -0.05) is 37.3 Å². The number of hydrogen-bond donors (Lipinski definition) is 2. The zero-order valence-electron chi connectivity index (χ0n) is 14.1. The smallest absolute Gasteiger partial charge is 0.326 e. The quantitative estimate of drug-likeness (QED) is 0.739. The molecular weight excluding hydrogens is 342 g/mol. The molecule has 0 aliphatic carbocycles. The molecule has 1 unspecified atom stereocenters. The summed E-state index contributed by atoms with van der Waals surface area (Å²) >= 11 is 0. The number of nitrogens with zero attached hydrogens (tertiary/aromatic N) is 2. The Kier molecular flexibility index (Phi) is 6.08. The first kappa shape index (κ1) is 18.9. The molecule has 1 aromatic carbocycles. The molecule has 2 rings (SSSR count). The summed E-state index contributed by atoms with van der Waals surface area (Å²) in [6.45, 7) is 3.26. The lowest BCUT2D eigenvalue weighted by Crippen LogP contribution is -2.32. The molecule has 0 aliphatic heterocycles. The summed E-state index contributed by atoms with van der Waals surface area (Å²) in [5, 5.41) is 12.2. The van der Waals surface area contributed by atoms with E-state index in [2.05, 4.69) is 15.3 Å². The first-order valence-corrected chi connectivity index (χ1v) is 9.73. The summed E-state index contributed by atoms with van der Waals surface area (Å²) < 4.78 is 23.3. The Bertz CT molecular complexity index is 838. The first-order valence-electron chi connectivity index (χ1n) is 7.91. The van der Waals surface area contributed by atoms with Crippen molar-refractivity contribution >= 4 is 21.6 Å². The third-order valence-electron chi connectivity index (χ3n) is 3.69. The van der Waals surface area contributed by atoms with E-state index in [1.54, 1.807) is 19.9 Å². The molecule has 0 bridgehead atoms. The van der Waals surface area contributed by atoms with Crippen LogP contribution in [0.4, 0.5) is 5.82 Å². The van der Waals surface area contributed by atoms with Crippen LogP contribution in [0.3, 0.4) is 0 Å². The summed E-state index contributed by atoms with van der Waals surface area (Å²) in [4.78, 5) is 20.0. The average Bonchev–Trinajstić information content (AvgIpc) is 2.58. The largest absolute Gasteiger partial charge is 0.480 e. The Labute approximate surface area is 147 Å². The summed E-state index contributed by atoms with van der Waals surface area (Å²) in [6, 6.07) is 10.1. The number of sulfone groups is 1. The highest BCUT2D eigenvalue weighted by Gasteiger charge is 2.21. The van der Waals surface area contributed by atoms with Gasteiger partial charge in [-0.3, -0.25) is 0 Å². The van der Waals surface area contributed by atoms with Crippen molar-refractivity contribution < 1.29 is 18.3 Å². The number of hydrogen-bond acceptors (Lipinski definition) is 6. The van der Waals surface area contributed by atoms with Crippen molar-refractivity contribution in [3.05, 3.63) is 42.2 Å². The van der Waals surface area contributed by atoms with Crippen molar-refractivity contribution in [1.29, 1.82) is 0 Å². The maximum absolute atomic E-state index is 11.6. The van der Waals surface area contributed by atoms with Crippen LogP contribution in [0, 0.1) is 6.92 Å². The van der Waals surface area contributed by atoms with E-state index in [-0.39, 0.29) is 17.9 Å². The molecule has 25 heavy (non-hydrogen) atoms. The van der Waals surface area contributed by atoms with Crippen LogP contribution in [0.5, 0.6) is 0 Å². The van der Waals surface area contributed by atoms with E-state index in [1.165, 1.54) is 0 Å². The number of benzene rings is 1. The predicted molar refractivity (Wildman–Crippen MR) is 96.2 cm³/mol. The minimum absolute atomic E-state index is 0.00981. The number of rotatable bonds is 8. The number of carbonyl (C=O) groups is 1. The van der Waals surface area contributed by atoms with Gasteiger partial charge in [0.2, 0.25) is 0 Å². The van der Waals surface area contributed by atoms with Gasteiger partial charge in [0.05, 0.1) is 11.4 Å². The lowest BCUT2D eigenvalue weighted by molar-refractivity contribution is -0.137. The Morgan fingerprint density at radius 3 is 2.52 bits per heavy atom. The number of aromatic nitrogens is 2. The average molecular weight is 363 g/mol. The van der Waals surface area contributed by atoms with E-state index in [1.807, 2.05) is 30.3 Å². The normalized spacial score (nSPS) is 12.6. The van der Waals surface area contributed by atoms with Crippen molar-refractivity contribution in [3.63, 3.8) is 0 Å². The lowest BCUT2D eigenvalue weighted by Gasteiger charge is -2.16. The van der Waals surface area contributed by atoms with Crippen molar-refractivity contribution in [2.45, 2.75) is 26.3 Å². The molecule has 0 amide bonds. The number of carboxylic acid groups (broad SMARTS) is 1. The summed E-state index contributed by atoms with van der Waals surface area (Å²) in [7, 11) is -3.24. The minimum Gasteiger partial charge on any atom is -0.480 e.